The minimum atomic E-state index is -4.56. The normalized spacial score (nSPS) is 16.0. The van der Waals surface area contributed by atoms with Crippen LogP contribution in [0.2, 0.25) is 5.02 Å². The van der Waals surface area contributed by atoms with Gasteiger partial charge in [0.05, 0.1) is 28.0 Å². The van der Waals surface area contributed by atoms with E-state index >= 15 is 0 Å². The molecule has 0 fully saturated rings. The first kappa shape index (κ1) is 22.9. The first-order valence-electron chi connectivity index (χ1n) is 10.6. The highest BCUT2D eigenvalue weighted by molar-refractivity contribution is 6.32. The lowest BCUT2D eigenvalue weighted by atomic mass is 9.98. The summed E-state index contributed by atoms with van der Waals surface area (Å²) < 4.78 is 42.2. The number of hydrogen-bond donors (Lipinski definition) is 2. The molecule has 178 valence electrons. The van der Waals surface area contributed by atoms with Crippen LogP contribution in [0.3, 0.4) is 0 Å². The van der Waals surface area contributed by atoms with Gasteiger partial charge in [0.25, 0.3) is 0 Å². The van der Waals surface area contributed by atoms with E-state index < -0.39 is 23.7 Å². The van der Waals surface area contributed by atoms with Crippen LogP contribution in [0.5, 0.6) is 0 Å². The number of aromatic amines is 1. The largest absolute Gasteiger partial charge is 0.416 e. The summed E-state index contributed by atoms with van der Waals surface area (Å²) in [6.07, 6.45) is -4.82. The molecule has 4 aromatic rings. The van der Waals surface area contributed by atoms with Gasteiger partial charge in [-0.3, -0.25) is 14.4 Å². The number of fused-ring (bicyclic) bond motifs is 2. The molecule has 0 radical (unpaired) electrons. The van der Waals surface area contributed by atoms with E-state index in [4.69, 9.17) is 11.6 Å². The fourth-order valence-corrected chi connectivity index (χ4v) is 4.43. The third kappa shape index (κ3) is 4.23. The molecule has 1 amide bonds. The van der Waals surface area contributed by atoms with Crippen molar-refractivity contribution in [1.29, 1.82) is 0 Å². The van der Waals surface area contributed by atoms with Gasteiger partial charge in [0, 0.05) is 29.6 Å². The predicted molar refractivity (Wildman–Crippen MR) is 128 cm³/mol. The number of nitrogens with one attached hydrogen (secondary N) is 2. The molecule has 1 atom stereocenters. The number of benzene rings is 3. The second-order valence-corrected chi connectivity index (χ2v) is 8.69. The highest BCUT2D eigenvalue weighted by atomic mass is 35.5. The molecule has 1 aliphatic heterocycles. The Bertz CT molecular complexity index is 1570. The van der Waals surface area contributed by atoms with Crippen LogP contribution in [0.4, 0.5) is 18.9 Å². The number of nitrogens with zero attached hydrogens (tertiary/aromatic N) is 2. The Morgan fingerprint density at radius 1 is 1.06 bits per heavy atom. The number of aliphatic imine (C=N–C) groups is 1. The van der Waals surface area contributed by atoms with E-state index in [1.807, 2.05) is 0 Å². The molecule has 0 bridgehead atoms. The molecule has 0 aliphatic carbocycles. The van der Waals surface area contributed by atoms with Crippen LogP contribution in [0.1, 0.15) is 22.3 Å². The summed E-state index contributed by atoms with van der Waals surface area (Å²) in [6, 6.07) is 14.1. The summed E-state index contributed by atoms with van der Waals surface area (Å²) >= 11 is 6.23. The second kappa shape index (κ2) is 8.42. The monoisotopic (exact) mass is 498 g/mol. The van der Waals surface area contributed by atoms with Crippen LogP contribution >= 0.6 is 11.6 Å². The number of hydrogen-bond acceptors (Lipinski definition) is 3. The lowest BCUT2D eigenvalue weighted by molar-refractivity contribution is -0.138. The fourth-order valence-electron chi connectivity index (χ4n) is 4.26. The highest BCUT2D eigenvalue weighted by Gasteiger charge is 2.35. The van der Waals surface area contributed by atoms with Crippen LogP contribution < -0.4 is 11.0 Å². The number of alkyl halides is 3. The standard InChI is InChI=1S/C25H18ClF3N4O2/c1-33-21-9-6-14(11-19(21)32-24(33)35)22-16-12-15(26)7-8-18(16)31-23(34)20(30-22)10-13-4-2-3-5-17(13)25(27,28)29/h2-9,11-12,20H,10H2,1H3,(H,31,34)(H,32,35). The van der Waals surface area contributed by atoms with Crippen molar-refractivity contribution in [3.63, 3.8) is 0 Å². The van der Waals surface area contributed by atoms with E-state index in [-0.39, 0.29) is 17.7 Å². The van der Waals surface area contributed by atoms with Gasteiger partial charge in [-0.15, -0.1) is 0 Å². The molecule has 3 aromatic carbocycles. The molecule has 0 spiro atoms. The molecule has 5 rings (SSSR count). The summed E-state index contributed by atoms with van der Waals surface area (Å²) in [5.41, 5.74) is 2.01. The molecule has 35 heavy (non-hydrogen) atoms. The molecule has 1 aromatic heterocycles. The molecule has 1 aliphatic rings. The van der Waals surface area contributed by atoms with Gasteiger partial charge < -0.3 is 10.3 Å². The highest BCUT2D eigenvalue weighted by Crippen LogP contribution is 2.34. The van der Waals surface area contributed by atoms with E-state index in [1.54, 1.807) is 43.4 Å². The average Bonchev–Trinajstić information content (AvgIpc) is 3.02. The maximum absolute atomic E-state index is 13.6. The number of carbonyl (C=O) groups excluding carboxylic acids is 1. The van der Waals surface area contributed by atoms with Gasteiger partial charge in [0.2, 0.25) is 5.91 Å². The van der Waals surface area contributed by atoms with E-state index in [2.05, 4.69) is 15.3 Å². The van der Waals surface area contributed by atoms with Crippen molar-refractivity contribution in [1.82, 2.24) is 9.55 Å². The first-order valence-corrected chi connectivity index (χ1v) is 11.0. The molecule has 10 heteroatoms. The van der Waals surface area contributed by atoms with Gasteiger partial charge in [0.1, 0.15) is 6.04 Å². The van der Waals surface area contributed by atoms with E-state index in [9.17, 15) is 22.8 Å². The van der Waals surface area contributed by atoms with Crippen molar-refractivity contribution < 1.29 is 18.0 Å². The Morgan fingerprint density at radius 2 is 1.83 bits per heavy atom. The van der Waals surface area contributed by atoms with Crippen LogP contribution in [0.15, 0.2) is 70.5 Å². The summed E-state index contributed by atoms with van der Waals surface area (Å²) in [6.45, 7) is 0. The van der Waals surface area contributed by atoms with Crippen LogP contribution in [-0.2, 0) is 24.4 Å². The van der Waals surface area contributed by atoms with Gasteiger partial charge >= 0.3 is 11.9 Å². The summed E-state index contributed by atoms with van der Waals surface area (Å²) in [5, 5.41) is 3.18. The maximum Gasteiger partial charge on any atom is 0.416 e. The minimum Gasteiger partial charge on any atom is -0.324 e. The zero-order chi connectivity index (χ0) is 24.9. The number of aromatic nitrogens is 2. The Kier molecular flexibility index (Phi) is 5.52. The predicted octanol–water partition coefficient (Wildman–Crippen LogP) is 4.94. The number of carbonyl (C=O) groups is 1. The Morgan fingerprint density at radius 3 is 2.60 bits per heavy atom. The lowest BCUT2D eigenvalue weighted by Crippen LogP contribution is -2.28. The zero-order valence-electron chi connectivity index (χ0n) is 18.3. The third-order valence-corrected chi connectivity index (χ3v) is 6.23. The first-order chi connectivity index (χ1) is 16.6. The van der Waals surface area contributed by atoms with Gasteiger partial charge in [0.15, 0.2) is 0 Å². The van der Waals surface area contributed by atoms with Crippen molar-refractivity contribution in [2.45, 2.75) is 18.6 Å². The van der Waals surface area contributed by atoms with Crippen LogP contribution in [0.25, 0.3) is 11.0 Å². The molecule has 2 N–H and O–H groups in total. The molecule has 2 heterocycles. The lowest BCUT2D eigenvalue weighted by Gasteiger charge is -2.16. The Balaban J connectivity index is 1.67. The molecule has 0 saturated heterocycles. The molecular formula is C25H18ClF3N4O2. The van der Waals surface area contributed by atoms with E-state index in [1.165, 1.54) is 22.8 Å². The van der Waals surface area contributed by atoms with Crippen molar-refractivity contribution in [3.05, 3.63) is 98.4 Å². The second-order valence-electron chi connectivity index (χ2n) is 8.25. The minimum absolute atomic E-state index is 0.0323. The number of anilines is 1. The number of benzodiazepines with no additional fused rings is 1. The van der Waals surface area contributed by atoms with Crippen LogP contribution in [-0.4, -0.2) is 27.2 Å². The summed E-state index contributed by atoms with van der Waals surface area (Å²) in [4.78, 5) is 32.5. The molecule has 6 nitrogen and oxygen atoms in total. The molecule has 0 saturated carbocycles. The fraction of sp³-hybridized carbons (Fsp3) is 0.160. The molecular weight excluding hydrogens is 481 g/mol. The SMILES string of the molecule is Cn1c(=O)[nH]c2cc(C3=NC(Cc4ccccc4C(F)(F)F)C(=O)Nc4ccc(Cl)cc43)ccc21. The van der Waals surface area contributed by atoms with Gasteiger partial charge in [-0.05, 0) is 42.0 Å². The van der Waals surface area contributed by atoms with Gasteiger partial charge in [-0.1, -0.05) is 35.9 Å². The quantitative estimate of drug-likeness (QED) is 0.419. The van der Waals surface area contributed by atoms with Crippen LogP contribution in [0, 0.1) is 0 Å². The maximum atomic E-state index is 13.6. The van der Waals surface area contributed by atoms with Gasteiger partial charge in [-0.25, -0.2) is 4.79 Å². The third-order valence-electron chi connectivity index (χ3n) is 6.00. The van der Waals surface area contributed by atoms with Crippen molar-refractivity contribution in [2.75, 3.05) is 5.32 Å². The number of rotatable bonds is 3. The van der Waals surface area contributed by atoms with Crippen molar-refractivity contribution in [2.24, 2.45) is 12.0 Å². The van der Waals surface area contributed by atoms with E-state index in [0.717, 1.165) is 6.07 Å². The smallest absolute Gasteiger partial charge is 0.324 e. The zero-order valence-corrected chi connectivity index (χ0v) is 19.0. The van der Waals surface area contributed by atoms with Crippen molar-refractivity contribution >= 4 is 39.9 Å². The molecule has 1 unspecified atom stereocenters. The van der Waals surface area contributed by atoms with Gasteiger partial charge in [-0.2, -0.15) is 13.2 Å². The Hall–Kier alpha value is -3.85. The topological polar surface area (TPSA) is 79.2 Å². The number of halogens is 4. The summed E-state index contributed by atoms with van der Waals surface area (Å²) in [5.74, 6) is -0.533. The number of aryl methyl sites for hydroxylation is 1. The summed E-state index contributed by atoms with van der Waals surface area (Å²) in [7, 11) is 1.63. The Labute approximate surface area is 202 Å². The average molecular weight is 499 g/mol. The number of amides is 1. The number of imidazole rings is 1. The van der Waals surface area contributed by atoms with Crippen molar-refractivity contribution in [3.8, 4) is 0 Å². The van der Waals surface area contributed by atoms with E-state index in [0.29, 0.717) is 38.6 Å². The number of H-pyrrole nitrogens is 1.